The minimum atomic E-state index is -0.682. The van der Waals surface area contributed by atoms with E-state index in [1.807, 2.05) is 67.8 Å². The van der Waals surface area contributed by atoms with Crippen molar-refractivity contribution >= 4 is 34.9 Å². The van der Waals surface area contributed by atoms with Gasteiger partial charge in [-0.25, -0.2) is 4.79 Å². The number of rotatable bonds is 6. The number of hydrogen-bond acceptors (Lipinski definition) is 4. The van der Waals surface area contributed by atoms with E-state index in [1.54, 1.807) is 11.3 Å². The van der Waals surface area contributed by atoms with Gasteiger partial charge in [0.15, 0.2) is 0 Å². The molecule has 24 heavy (non-hydrogen) atoms. The second-order valence-electron chi connectivity index (χ2n) is 5.66. The lowest BCUT2D eigenvalue weighted by Crippen LogP contribution is -2.45. The van der Waals surface area contributed by atoms with Crippen molar-refractivity contribution < 1.29 is 14.3 Å². The molecule has 5 heteroatoms. The zero-order valence-corrected chi connectivity index (χ0v) is 14.8. The second-order valence-corrected chi connectivity index (χ2v) is 6.64. The van der Waals surface area contributed by atoms with Gasteiger partial charge in [0.25, 0.3) is 5.91 Å². The summed E-state index contributed by atoms with van der Waals surface area (Å²) in [4.78, 5) is 25.7. The Hall–Kier alpha value is -2.40. The van der Waals surface area contributed by atoms with Crippen molar-refractivity contribution in [2.75, 3.05) is 7.11 Å². The average molecular weight is 343 g/mol. The molecule has 1 aromatic carbocycles. The van der Waals surface area contributed by atoms with Crippen LogP contribution >= 0.6 is 11.3 Å². The van der Waals surface area contributed by atoms with Gasteiger partial charge < -0.3 is 10.1 Å². The van der Waals surface area contributed by atoms with E-state index in [0.29, 0.717) is 5.57 Å². The molecule has 0 aliphatic carbocycles. The third-order valence-corrected chi connectivity index (χ3v) is 4.39. The molecule has 0 fully saturated rings. The molecule has 1 amide bonds. The fourth-order valence-electron chi connectivity index (χ4n) is 2.26. The molecule has 0 aliphatic heterocycles. The molecule has 0 bridgehead atoms. The largest absolute Gasteiger partial charge is 0.467 e. The molecule has 1 atom stereocenters. The number of methoxy groups -OCH3 is 1. The Balaban J connectivity index is 2.33. The molecule has 0 saturated carbocycles. The normalized spacial score (nSPS) is 12.8. The molecule has 1 aromatic heterocycles. The van der Waals surface area contributed by atoms with Gasteiger partial charge in [0.05, 0.1) is 7.11 Å². The van der Waals surface area contributed by atoms with Crippen LogP contribution in [0.2, 0.25) is 0 Å². The van der Waals surface area contributed by atoms with Crippen LogP contribution in [-0.4, -0.2) is 25.0 Å². The summed E-state index contributed by atoms with van der Waals surface area (Å²) in [5, 5.41) is 4.76. The third-order valence-electron chi connectivity index (χ3n) is 3.57. The van der Waals surface area contributed by atoms with Crippen molar-refractivity contribution in [3.63, 3.8) is 0 Å². The lowest BCUT2D eigenvalue weighted by molar-refractivity contribution is -0.145. The summed E-state index contributed by atoms with van der Waals surface area (Å²) in [7, 11) is 1.32. The fourth-order valence-corrected chi connectivity index (χ4v) is 2.91. The van der Waals surface area contributed by atoms with Crippen LogP contribution in [0.1, 0.15) is 24.3 Å². The standard InChI is InChI=1S/C19H21NO3S/c1-13(2)17(19(22)23-3)20-18(21)16(12-15-10-7-11-24-15)14-8-5-4-6-9-14/h4-13,17H,1-3H3,(H,20,21)/b16-12+. The van der Waals surface area contributed by atoms with E-state index in [2.05, 4.69) is 5.32 Å². The quantitative estimate of drug-likeness (QED) is 0.644. The van der Waals surface area contributed by atoms with Crippen molar-refractivity contribution in [3.8, 4) is 0 Å². The van der Waals surface area contributed by atoms with Gasteiger partial charge >= 0.3 is 5.97 Å². The first-order valence-electron chi connectivity index (χ1n) is 7.72. The van der Waals surface area contributed by atoms with Crippen LogP contribution in [-0.2, 0) is 14.3 Å². The molecule has 1 heterocycles. The van der Waals surface area contributed by atoms with Gasteiger partial charge in [-0.15, -0.1) is 11.3 Å². The Labute approximate surface area is 146 Å². The summed E-state index contributed by atoms with van der Waals surface area (Å²) in [5.41, 5.74) is 1.32. The topological polar surface area (TPSA) is 55.4 Å². The van der Waals surface area contributed by atoms with Crippen LogP contribution in [0, 0.1) is 5.92 Å². The van der Waals surface area contributed by atoms with E-state index in [-0.39, 0.29) is 11.8 Å². The molecule has 2 aromatic rings. The van der Waals surface area contributed by atoms with Crippen LogP contribution in [0.4, 0.5) is 0 Å². The van der Waals surface area contributed by atoms with Gasteiger partial charge in [0, 0.05) is 10.5 Å². The highest BCUT2D eigenvalue weighted by Crippen LogP contribution is 2.21. The molecule has 2 rings (SSSR count). The van der Waals surface area contributed by atoms with Crippen LogP contribution < -0.4 is 5.32 Å². The molecule has 0 aliphatic rings. The van der Waals surface area contributed by atoms with E-state index in [0.717, 1.165) is 10.4 Å². The Bertz CT molecular complexity index is 705. The lowest BCUT2D eigenvalue weighted by Gasteiger charge is -2.20. The number of hydrogen-bond donors (Lipinski definition) is 1. The highest BCUT2D eigenvalue weighted by atomic mass is 32.1. The Morgan fingerprint density at radius 3 is 2.38 bits per heavy atom. The van der Waals surface area contributed by atoms with Gasteiger partial charge in [-0.2, -0.15) is 0 Å². The van der Waals surface area contributed by atoms with Gasteiger partial charge in [-0.1, -0.05) is 50.2 Å². The number of carbonyl (C=O) groups excluding carboxylic acids is 2. The van der Waals surface area contributed by atoms with Gasteiger partial charge in [-0.3, -0.25) is 4.79 Å². The molecule has 126 valence electrons. The zero-order valence-electron chi connectivity index (χ0n) is 14.0. The Morgan fingerprint density at radius 1 is 1.12 bits per heavy atom. The number of ether oxygens (including phenoxy) is 1. The van der Waals surface area contributed by atoms with Crippen molar-refractivity contribution in [1.29, 1.82) is 0 Å². The number of amides is 1. The summed E-state index contributed by atoms with van der Waals surface area (Å²) >= 11 is 1.55. The predicted octanol–water partition coefficient (Wildman–Crippen LogP) is 3.60. The molecule has 0 radical (unpaired) electrons. The number of esters is 1. The molecule has 4 nitrogen and oxygen atoms in total. The van der Waals surface area contributed by atoms with Crippen molar-refractivity contribution in [2.24, 2.45) is 5.92 Å². The molecular weight excluding hydrogens is 322 g/mol. The summed E-state index contributed by atoms with van der Waals surface area (Å²) < 4.78 is 4.79. The van der Waals surface area contributed by atoms with E-state index in [1.165, 1.54) is 7.11 Å². The Morgan fingerprint density at radius 2 is 1.83 bits per heavy atom. The maximum Gasteiger partial charge on any atom is 0.328 e. The number of nitrogens with one attached hydrogen (secondary N) is 1. The first-order chi connectivity index (χ1) is 11.5. The minimum absolute atomic E-state index is 0.0693. The van der Waals surface area contributed by atoms with Crippen LogP contribution in [0.5, 0.6) is 0 Å². The number of thiophene rings is 1. The van der Waals surface area contributed by atoms with Gasteiger partial charge in [0.2, 0.25) is 0 Å². The van der Waals surface area contributed by atoms with E-state index in [4.69, 9.17) is 4.74 Å². The molecule has 0 spiro atoms. The second kappa shape index (κ2) is 8.45. The van der Waals surface area contributed by atoms with Crippen LogP contribution in [0.25, 0.3) is 11.6 Å². The van der Waals surface area contributed by atoms with E-state index in [9.17, 15) is 9.59 Å². The van der Waals surface area contributed by atoms with Crippen molar-refractivity contribution in [2.45, 2.75) is 19.9 Å². The summed E-state index contributed by atoms with van der Waals surface area (Å²) in [6.07, 6.45) is 1.84. The average Bonchev–Trinajstić information content (AvgIpc) is 3.10. The van der Waals surface area contributed by atoms with Crippen LogP contribution in [0.15, 0.2) is 47.8 Å². The highest BCUT2D eigenvalue weighted by Gasteiger charge is 2.26. The molecule has 1 N–H and O–H groups in total. The SMILES string of the molecule is COC(=O)C(NC(=O)/C(=C/c1cccs1)c1ccccc1)C(C)C. The zero-order chi connectivity index (χ0) is 17.5. The van der Waals surface area contributed by atoms with E-state index < -0.39 is 12.0 Å². The van der Waals surface area contributed by atoms with Gasteiger partial charge in [0.1, 0.15) is 6.04 Å². The maximum absolute atomic E-state index is 12.8. The maximum atomic E-state index is 12.8. The predicted molar refractivity (Wildman–Crippen MR) is 97.4 cm³/mol. The van der Waals surface area contributed by atoms with Crippen molar-refractivity contribution in [1.82, 2.24) is 5.32 Å². The van der Waals surface area contributed by atoms with Crippen LogP contribution in [0.3, 0.4) is 0 Å². The first kappa shape index (κ1) is 17.9. The number of benzene rings is 1. The molecule has 0 saturated heterocycles. The fraction of sp³-hybridized carbons (Fsp3) is 0.263. The summed E-state index contributed by atoms with van der Waals surface area (Å²) in [5.74, 6) is -0.805. The summed E-state index contributed by atoms with van der Waals surface area (Å²) in [6.45, 7) is 3.74. The lowest BCUT2D eigenvalue weighted by atomic mass is 10.0. The number of carbonyl (C=O) groups is 2. The third kappa shape index (κ3) is 4.55. The Kier molecular flexibility index (Phi) is 6.32. The minimum Gasteiger partial charge on any atom is -0.467 e. The monoisotopic (exact) mass is 343 g/mol. The van der Waals surface area contributed by atoms with E-state index >= 15 is 0 Å². The highest BCUT2D eigenvalue weighted by molar-refractivity contribution is 7.11. The molecule has 1 unspecified atom stereocenters. The smallest absolute Gasteiger partial charge is 0.328 e. The van der Waals surface area contributed by atoms with Gasteiger partial charge in [-0.05, 0) is 29.0 Å². The summed E-state index contributed by atoms with van der Waals surface area (Å²) in [6, 6.07) is 12.6. The van der Waals surface area contributed by atoms with Crippen molar-refractivity contribution in [3.05, 3.63) is 58.3 Å². The molecular formula is C19H21NO3S. The first-order valence-corrected chi connectivity index (χ1v) is 8.60.